The average Bonchev–Trinajstić information content (AvgIpc) is 3.23. The molecule has 2 aromatic carbocycles. The van der Waals surface area contributed by atoms with Crippen LogP contribution in [0.3, 0.4) is 0 Å². The first-order chi connectivity index (χ1) is 15.7. The molecule has 0 aliphatic rings. The van der Waals surface area contributed by atoms with E-state index in [1.54, 1.807) is 30.1 Å². The van der Waals surface area contributed by atoms with Crippen molar-refractivity contribution in [3.05, 3.63) is 65.7 Å². The number of nitrogens with one attached hydrogen (secondary N) is 2. The molecule has 170 valence electrons. The maximum absolute atomic E-state index is 13.0. The summed E-state index contributed by atoms with van der Waals surface area (Å²) < 4.78 is 40.7. The number of carbonyl (C=O) groups excluding carboxylic acids is 1. The molecule has 0 aliphatic heterocycles. The fraction of sp³-hybridized carbons (Fsp3) is 0.100. The Labute approximate surface area is 189 Å². The normalized spacial score (nSPS) is 11.5. The molecule has 0 fully saturated rings. The SMILES string of the molecule is CNc1ncnc2c1ncn2-c1ccc(N(O)C(=O)Nc2ccc(Cl)c(C(F)(F)F)c2)cc1. The molecule has 9 nitrogen and oxygen atoms in total. The Balaban J connectivity index is 1.53. The van der Waals surface area contributed by atoms with Gasteiger partial charge in [-0.2, -0.15) is 18.2 Å². The fourth-order valence-electron chi connectivity index (χ4n) is 3.08. The quantitative estimate of drug-likeness (QED) is 0.283. The van der Waals surface area contributed by atoms with Gasteiger partial charge >= 0.3 is 12.2 Å². The van der Waals surface area contributed by atoms with Gasteiger partial charge in [0.2, 0.25) is 0 Å². The number of aromatic nitrogens is 4. The van der Waals surface area contributed by atoms with Crippen LogP contribution in [-0.2, 0) is 6.18 Å². The summed E-state index contributed by atoms with van der Waals surface area (Å²) in [6.45, 7) is 0. The number of nitrogens with zero attached hydrogens (tertiary/aromatic N) is 5. The van der Waals surface area contributed by atoms with E-state index in [-0.39, 0.29) is 16.4 Å². The van der Waals surface area contributed by atoms with Gasteiger partial charge in [0, 0.05) is 18.4 Å². The second kappa shape index (κ2) is 8.56. The summed E-state index contributed by atoms with van der Waals surface area (Å²) in [6, 6.07) is 7.94. The zero-order valence-corrected chi connectivity index (χ0v) is 17.6. The molecule has 4 rings (SSSR count). The Bertz CT molecular complexity index is 1330. The zero-order chi connectivity index (χ0) is 23.8. The van der Waals surface area contributed by atoms with Crippen LogP contribution in [0.25, 0.3) is 16.9 Å². The van der Waals surface area contributed by atoms with Gasteiger partial charge in [-0.1, -0.05) is 11.6 Å². The minimum atomic E-state index is -4.69. The third kappa shape index (κ3) is 4.38. The summed E-state index contributed by atoms with van der Waals surface area (Å²) in [5.41, 5.74) is 0.544. The molecule has 2 aromatic heterocycles. The van der Waals surface area contributed by atoms with E-state index in [4.69, 9.17) is 11.6 Å². The zero-order valence-electron chi connectivity index (χ0n) is 16.8. The Morgan fingerprint density at radius 3 is 2.52 bits per heavy atom. The van der Waals surface area contributed by atoms with Crippen LogP contribution in [0.15, 0.2) is 55.1 Å². The molecular formula is C20H15ClF3N7O2. The Kier molecular flexibility index (Phi) is 5.78. The molecule has 0 atom stereocenters. The molecule has 0 saturated carbocycles. The Hall–Kier alpha value is -3.90. The van der Waals surface area contributed by atoms with Crippen LogP contribution in [0.4, 0.5) is 35.2 Å². The molecule has 2 amide bonds. The number of benzene rings is 2. The number of halogens is 4. The van der Waals surface area contributed by atoms with Crippen LogP contribution < -0.4 is 15.7 Å². The van der Waals surface area contributed by atoms with Crippen molar-refractivity contribution in [3.63, 3.8) is 0 Å². The van der Waals surface area contributed by atoms with E-state index < -0.39 is 22.8 Å². The standard InChI is InChI=1S/C20H15ClF3N7O2/c1-25-17-16-18(27-9-26-17)30(10-28-16)12-3-5-13(6-4-12)31(33)19(32)29-11-2-7-15(21)14(8-11)20(22,23)24/h2-10,33H,1H3,(H,29,32)(H,25,26,27). The van der Waals surface area contributed by atoms with E-state index in [0.717, 1.165) is 6.07 Å². The second-order valence-electron chi connectivity index (χ2n) is 6.71. The molecule has 0 unspecified atom stereocenters. The topological polar surface area (TPSA) is 108 Å². The number of alkyl halides is 3. The van der Waals surface area contributed by atoms with Gasteiger partial charge < -0.3 is 10.6 Å². The summed E-state index contributed by atoms with van der Waals surface area (Å²) in [5.74, 6) is 0.560. The highest BCUT2D eigenvalue weighted by atomic mass is 35.5. The minimum absolute atomic E-state index is 0.0798. The van der Waals surface area contributed by atoms with Gasteiger partial charge in [0.25, 0.3) is 0 Å². The van der Waals surface area contributed by atoms with Crippen molar-refractivity contribution in [1.82, 2.24) is 19.5 Å². The van der Waals surface area contributed by atoms with E-state index in [2.05, 4.69) is 25.6 Å². The molecular weight excluding hydrogens is 463 g/mol. The summed E-state index contributed by atoms with van der Waals surface area (Å²) in [5, 5.41) is 15.1. The lowest BCUT2D eigenvalue weighted by Crippen LogP contribution is -2.31. The van der Waals surface area contributed by atoms with Crippen molar-refractivity contribution in [2.45, 2.75) is 6.18 Å². The maximum Gasteiger partial charge on any atom is 0.417 e. The van der Waals surface area contributed by atoms with E-state index in [9.17, 15) is 23.2 Å². The van der Waals surface area contributed by atoms with Crippen LogP contribution in [-0.4, -0.2) is 37.8 Å². The number of anilines is 3. The van der Waals surface area contributed by atoms with Crippen LogP contribution >= 0.6 is 11.6 Å². The number of hydrogen-bond donors (Lipinski definition) is 3. The number of rotatable bonds is 4. The predicted octanol–water partition coefficient (Wildman–Crippen LogP) is 4.96. The smallest absolute Gasteiger partial charge is 0.371 e. The monoisotopic (exact) mass is 477 g/mol. The highest BCUT2D eigenvalue weighted by Gasteiger charge is 2.33. The largest absolute Gasteiger partial charge is 0.417 e. The fourth-order valence-corrected chi connectivity index (χ4v) is 3.30. The molecule has 0 saturated heterocycles. The lowest BCUT2D eigenvalue weighted by atomic mass is 10.2. The molecule has 2 heterocycles. The van der Waals surface area contributed by atoms with Gasteiger partial charge in [0.05, 0.1) is 16.3 Å². The number of fused-ring (bicyclic) bond motifs is 1. The van der Waals surface area contributed by atoms with E-state index in [1.807, 2.05) is 0 Å². The van der Waals surface area contributed by atoms with Gasteiger partial charge in [-0.25, -0.2) is 19.7 Å². The first-order valence-electron chi connectivity index (χ1n) is 9.32. The Morgan fingerprint density at radius 2 is 1.85 bits per heavy atom. The van der Waals surface area contributed by atoms with Crippen LogP contribution in [0.5, 0.6) is 0 Å². The first-order valence-corrected chi connectivity index (χ1v) is 9.70. The van der Waals surface area contributed by atoms with Gasteiger partial charge in [-0.05, 0) is 42.5 Å². The lowest BCUT2D eigenvalue weighted by Gasteiger charge is -2.17. The molecule has 33 heavy (non-hydrogen) atoms. The molecule has 4 aromatic rings. The Morgan fingerprint density at radius 1 is 1.12 bits per heavy atom. The third-order valence-electron chi connectivity index (χ3n) is 4.66. The predicted molar refractivity (Wildman–Crippen MR) is 116 cm³/mol. The lowest BCUT2D eigenvalue weighted by molar-refractivity contribution is -0.137. The van der Waals surface area contributed by atoms with Crippen molar-refractivity contribution >= 4 is 46.0 Å². The van der Waals surface area contributed by atoms with Gasteiger partial charge in [0.1, 0.15) is 12.7 Å². The molecule has 3 N–H and O–H groups in total. The van der Waals surface area contributed by atoms with Crippen molar-refractivity contribution in [2.75, 3.05) is 22.7 Å². The minimum Gasteiger partial charge on any atom is -0.371 e. The van der Waals surface area contributed by atoms with E-state index in [1.165, 1.54) is 24.5 Å². The van der Waals surface area contributed by atoms with Crippen LogP contribution in [0.1, 0.15) is 5.56 Å². The van der Waals surface area contributed by atoms with Crippen LogP contribution in [0, 0.1) is 0 Å². The molecule has 0 radical (unpaired) electrons. The number of hydroxylamine groups is 1. The highest BCUT2D eigenvalue weighted by Crippen LogP contribution is 2.36. The number of amides is 2. The number of carbonyl (C=O) groups is 1. The number of urea groups is 1. The number of imidazole rings is 1. The highest BCUT2D eigenvalue weighted by molar-refractivity contribution is 6.31. The number of hydrogen-bond acceptors (Lipinski definition) is 6. The van der Waals surface area contributed by atoms with Crippen molar-refractivity contribution < 1.29 is 23.2 Å². The van der Waals surface area contributed by atoms with Crippen molar-refractivity contribution in [2.24, 2.45) is 0 Å². The second-order valence-corrected chi connectivity index (χ2v) is 7.12. The van der Waals surface area contributed by atoms with Gasteiger partial charge in [-0.3, -0.25) is 9.77 Å². The molecule has 13 heteroatoms. The summed E-state index contributed by atoms with van der Waals surface area (Å²) in [4.78, 5) is 24.9. The third-order valence-corrected chi connectivity index (χ3v) is 4.99. The van der Waals surface area contributed by atoms with Gasteiger partial charge in [0.15, 0.2) is 17.0 Å². The molecule has 0 spiro atoms. The summed E-state index contributed by atoms with van der Waals surface area (Å²) >= 11 is 5.58. The van der Waals surface area contributed by atoms with E-state index in [0.29, 0.717) is 28.7 Å². The maximum atomic E-state index is 13.0. The van der Waals surface area contributed by atoms with E-state index >= 15 is 0 Å². The average molecular weight is 478 g/mol. The summed E-state index contributed by atoms with van der Waals surface area (Å²) in [7, 11) is 1.71. The van der Waals surface area contributed by atoms with Crippen molar-refractivity contribution in [3.8, 4) is 5.69 Å². The van der Waals surface area contributed by atoms with Crippen molar-refractivity contribution in [1.29, 1.82) is 0 Å². The first kappa shape index (κ1) is 22.3. The molecule has 0 bridgehead atoms. The molecule has 0 aliphatic carbocycles. The van der Waals surface area contributed by atoms with Crippen LogP contribution in [0.2, 0.25) is 5.02 Å². The van der Waals surface area contributed by atoms with Gasteiger partial charge in [-0.15, -0.1) is 0 Å². The summed E-state index contributed by atoms with van der Waals surface area (Å²) in [6.07, 6.45) is -1.75.